The summed E-state index contributed by atoms with van der Waals surface area (Å²) in [7, 11) is 0. The van der Waals surface area contributed by atoms with E-state index in [0.29, 0.717) is 39.3 Å². The Morgan fingerprint density at radius 1 is 0.677 bits per heavy atom. The summed E-state index contributed by atoms with van der Waals surface area (Å²) < 4.78 is 0. The van der Waals surface area contributed by atoms with E-state index in [1.54, 1.807) is 0 Å². The van der Waals surface area contributed by atoms with Crippen molar-refractivity contribution in [1.29, 1.82) is 0 Å². The molecule has 1 rings (SSSR count). The number of phenols is 1. The van der Waals surface area contributed by atoms with Crippen molar-refractivity contribution in [3.8, 4) is 5.75 Å². The number of benzene rings is 1. The Balaban J connectivity index is 3.43. The van der Waals surface area contributed by atoms with Gasteiger partial charge in [-0.15, -0.1) is 0 Å². The molecular formula is C24H44N2O5. The molecule has 0 radical (unpaired) electrons. The molecule has 7 nitrogen and oxygen atoms in total. The van der Waals surface area contributed by atoms with Gasteiger partial charge in [0.05, 0.1) is 26.4 Å². The van der Waals surface area contributed by atoms with E-state index < -0.39 is 0 Å². The largest absolute Gasteiger partial charge is 0.507 e. The molecule has 0 unspecified atom stereocenters. The van der Waals surface area contributed by atoms with E-state index in [9.17, 15) is 25.5 Å². The van der Waals surface area contributed by atoms with Crippen molar-refractivity contribution >= 4 is 0 Å². The average molecular weight is 441 g/mol. The standard InChI is InChI=1S/C24H44N2O5/c1-23(2,3)18-24(4,5)21-14-19(16-25(6-10-27)7-11-28)22(31)20(15-21)17-26(8-12-29)9-13-30/h14-15,27-31H,6-13,16-18H2,1-5H3. The van der Waals surface area contributed by atoms with E-state index in [2.05, 4.69) is 34.6 Å². The first kappa shape index (κ1) is 27.8. The van der Waals surface area contributed by atoms with Crippen LogP contribution in [-0.2, 0) is 18.5 Å². The molecule has 31 heavy (non-hydrogen) atoms. The number of aromatic hydroxyl groups is 1. The van der Waals surface area contributed by atoms with Crippen LogP contribution in [0, 0.1) is 5.41 Å². The van der Waals surface area contributed by atoms with Crippen LogP contribution in [0.3, 0.4) is 0 Å². The molecule has 1 aromatic carbocycles. The van der Waals surface area contributed by atoms with E-state index in [1.165, 1.54) is 0 Å². The van der Waals surface area contributed by atoms with Crippen molar-refractivity contribution in [3.05, 3.63) is 28.8 Å². The maximum atomic E-state index is 11.1. The highest BCUT2D eigenvalue weighted by Gasteiger charge is 2.29. The molecule has 0 spiro atoms. The topological polar surface area (TPSA) is 108 Å². The number of aliphatic hydroxyl groups excluding tert-OH is 4. The molecular weight excluding hydrogens is 396 g/mol. The van der Waals surface area contributed by atoms with Crippen LogP contribution in [-0.4, -0.2) is 87.9 Å². The van der Waals surface area contributed by atoms with Crippen molar-refractivity contribution < 1.29 is 25.5 Å². The highest BCUT2D eigenvalue weighted by atomic mass is 16.3. The maximum Gasteiger partial charge on any atom is 0.124 e. The number of rotatable bonds is 14. The van der Waals surface area contributed by atoms with Crippen LogP contribution in [0.5, 0.6) is 5.75 Å². The lowest BCUT2D eigenvalue weighted by molar-refractivity contribution is 0.152. The molecule has 5 N–H and O–H groups in total. The van der Waals surface area contributed by atoms with E-state index in [0.717, 1.165) is 23.1 Å². The number of hydrogen-bond donors (Lipinski definition) is 5. The van der Waals surface area contributed by atoms with E-state index >= 15 is 0 Å². The van der Waals surface area contributed by atoms with Crippen LogP contribution in [0.15, 0.2) is 12.1 Å². The number of nitrogens with zero attached hydrogens (tertiary/aromatic N) is 2. The zero-order valence-corrected chi connectivity index (χ0v) is 20.1. The fraction of sp³-hybridized carbons (Fsp3) is 0.750. The summed E-state index contributed by atoms with van der Waals surface area (Å²) >= 11 is 0. The lowest BCUT2D eigenvalue weighted by Gasteiger charge is -2.34. The fourth-order valence-corrected chi connectivity index (χ4v) is 4.41. The maximum absolute atomic E-state index is 11.1. The van der Waals surface area contributed by atoms with E-state index in [1.807, 2.05) is 21.9 Å². The molecule has 0 fully saturated rings. The third-order valence-corrected chi connectivity index (χ3v) is 5.47. The Kier molecular flexibility index (Phi) is 11.4. The van der Waals surface area contributed by atoms with Gasteiger partial charge < -0.3 is 25.5 Å². The first-order valence-corrected chi connectivity index (χ1v) is 11.2. The molecule has 7 heteroatoms. The first-order valence-electron chi connectivity index (χ1n) is 11.2. The van der Waals surface area contributed by atoms with Gasteiger partial charge in [-0.1, -0.05) is 46.8 Å². The van der Waals surface area contributed by atoms with Gasteiger partial charge in [-0.3, -0.25) is 9.80 Å². The normalized spacial score (nSPS) is 12.9. The van der Waals surface area contributed by atoms with Crippen LogP contribution in [0.4, 0.5) is 0 Å². The van der Waals surface area contributed by atoms with Crippen LogP contribution in [0.1, 0.15) is 57.7 Å². The number of hydrogen-bond acceptors (Lipinski definition) is 7. The summed E-state index contributed by atoms with van der Waals surface area (Å²) in [5.74, 6) is 0.192. The second-order valence-electron chi connectivity index (χ2n) is 10.2. The molecule has 0 aliphatic carbocycles. The Morgan fingerprint density at radius 2 is 1.03 bits per heavy atom. The molecule has 0 saturated heterocycles. The summed E-state index contributed by atoms with van der Waals surface area (Å²) in [6.07, 6.45) is 0.956. The van der Waals surface area contributed by atoms with Gasteiger partial charge in [0, 0.05) is 50.4 Å². The Bertz CT molecular complexity index is 607. The van der Waals surface area contributed by atoms with E-state index in [4.69, 9.17) is 0 Å². The van der Waals surface area contributed by atoms with Crippen molar-refractivity contribution in [2.24, 2.45) is 5.41 Å². The third kappa shape index (κ3) is 9.43. The van der Waals surface area contributed by atoms with Crippen LogP contribution < -0.4 is 0 Å². The highest BCUT2D eigenvalue weighted by Crippen LogP contribution is 2.39. The van der Waals surface area contributed by atoms with Gasteiger partial charge in [0.1, 0.15) is 5.75 Å². The summed E-state index contributed by atoms with van der Waals surface area (Å²) in [6.45, 7) is 13.4. The third-order valence-electron chi connectivity index (χ3n) is 5.47. The smallest absolute Gasteiger partial charge is 0.124 e. The van der Waals surface area contributed by atoms with Crippen molar-refractivity contribution in [2.45, 2.75) is 59.5 Å². The second kappa shape index (κ2) is 12.7. The Morgan fingerprint density at radius 3 is 1.32 bits per heavy atom. The van der Waals surface area contributed by atoms with Crippen LogP contribution in [0.25, 0.3) is 0 Å². The molecule has 0 amide bonds. The van der Waals surface area contributed by atoms with Gasteiger partial charge in [0.2, 0.25) is 0 Å². The summed E-state index contributed by atoms with van der Waals surface area (Å²) in [4.78, 5) is 3.83. The highest BCUT2D eigenvalue weighted by molar-refractivity contribution is 5.46. The van der Waals surface area contributed by atoms with Gasteiger partial charge in [-0.05, 0) is 22.8 Å². The lowest BCUT2D eigenvalue weighted by Crippen LogP contribution is -2.31. The van der Waals surface area contributed by atoms with Crippen LogP contribution in [0.2, 0.25) is 0 Å². The van der Waals surface area contributed by atoms with Crippen molar-refractivity contribution in [2.75, 3.05) is 52.6 Å². The van der Waals surface area contributed by atoms with Gasteiger partial charge in [-0.2, -0.15) is 0 Å². The molecule has 0 heterocycles. The molecule has 0 aromatic heterocycles. The quantitative estimate of drug-likeness (QED) is 0.300. The van der Waals surface area contributed by atoms with Gasteiger partial charge in [0.25, 0.3) is 0 Å². The lowest BCUT2D eigenvalue weighted by atomic mass is 9.71. The molecule has 1 aromatic rings. The molecule has 0 bridgehead atoms. The monoisotopic (exact) mass is 440 g/mol. The first-order chi connectivity index (χ1) is 14.5. The minimum absolute atomic E-state index is 0.0242. The summed E-state index contributed by atoms with van der Waals surface area (Å²) in [5, 5.41) is 48.6. The Hall–Kier alpha value is -1.22. The average Bonchev–Trinajstić information content (AvgIpc) is 2.63. The SMILES string of the molecule is CC(C)(C)CC(C)(C)c1cc(CN(CCO)CCO)c(O)c(CN(CCO)CCO)c1. The summed E-state index contributed by atoms with van der Waals surface area (Å²) in [5.41, 5.74) is 2.62. The van der Waals surface area contributed by atoms with Gasteiger partial charge in [-0.25, -0.2) is 0 Å². The van der Waals surface area contributed by atoms with Crippen molar-refractivity contribution in [1.82, 2.24) is 9.80 Å². The minimum atomic E-state index is -0.132. The molecule has 0 saturated carbocycles. The molecule has 0 atom stereocenters. The van der Waals surface area contributed by atoms with Crippen LogP contribution >= 0.6 is 0 Å². The van der Waals surface area contributed by atoms with Gasteiger partial charge in [0.15, 0.2) is 0 Å². The van der Waals surface area contributed by atoms with E-state index in [-0.39, 0.29) is 43.0 Å². The summed E-state index contributed by atoms with van der Waals surface area (Å²) in [6, 6.07) is 4.07. The predicted molar refractivity (Wildman–Crippen MR) is 124 cm³/mol. The van der Waals surface area contributed by atoms with Gasteiger partial charge >= 0.3 is 0 Å². The molecule has 180 valence electrons. The second-order valence-corrected chi connectivity index (χ2v) is 10.2. The molecule has 0 aliphatic rings. The fourth-order valence-electron chi connectivity index (χ4n) is 4.41. The predicted octanol–water partition coefficient (Wildman–Crippen LogP) is 1.68. The zero-order chi connectivity index (χ0) is 23.7. The number of aliphatic hydroxyl groups is 4. The Labute approximate surface area is 187 Å². The minimum Gasteiger partial charge on any atom is -0.507 e. The zero-order valence-electron chi connectivity index (χ0n) is 20.1. The molecule has 0 aliphatic heterocycles. The number of phenolic OH excluding ortho intramolecular Hbond substituents is 1. The van der Waals surface area contributed by atoms with Crippen molar-refractivity contribution in [3.63, 3.8) is 0 Å².